The van der Waals surface area contributed by atoms with Crippen LogP contribution in [0.5, 0.6) is 17.2 Å². The zero-order valence-corrected chi connectivity index (χ0v) is 19.1. The smallest absolute Gasteiger partial charge is 0.144 e. The highest BCUT2D eigenvalue weighted by atomic mass is 32.3. The van der Waals surface area contributed by atoms with E-state index >= 15 is 0 Å². The van der Waals surface area contributed by atoms with Gasteiger partial charge in [-0.25, -0.2) is 0 Å². The maximum absolute atomic E-state index is 10.9. The Balaban J connectivity index is 1.38. The minimum absolute atomic E-state index is 0.407. The van der Waals surface area contributed by atoms with Crippen LogP contribution in [0.4, 0.5) is 0 Å². The Bertz CT molecular complexity index is 867. The number of ether oxygens (including phenoxy) is 3. The molecule has 31 heavy (non-hydrogen) atoms. The van der Waals surface area contributed by atoms with Gasteiger partial charge in [-0.1, -0.05) is 18.6 Å². The molecule has 170 valence electrons. The fourth-order valence-electron chi connectivity index (χ4n) is 4.31. The third-order valence-electron chi connectivity index (χ3n) is 6.22. The second-order valence-corrected chi connectivity index (χ2v) is 10.7. The van der Waals surface area contributed by atoms with Gasteiger partial charge in [-0.15, -0.1) is 0 Å². The van der Waals surface area contributed by atoms with E-state index in [1.165, 1.54) is 32.4 Å². The summed E-state index contributed by atoms with van der Waals surface area (Å²) in [7, 11) is -1.47. The van der Waals surface area contributed by atoms with Gasteiger partial charge in [0.05, 0.1) is 19.0 Å². The summed E-state index contributed by atoms with van der Waals surface area (Å²) in [4.78, 5) is 2.92. The molecule has 7 heteroatoms. The Labute approximate surface area is 186 Å². The van der Waals surface area contributed by atoms with E-state index in [9.17, 15) is 9.11 Å². The SMILES string of the molecule is COc1ccc2c(c1)S(O)(O)C(C)C(c1ccc(OCCCN3CCCCC3)cc1)O2. The van der Waals surface area contributed by atoms with Crippen molar-refractivity contribution in [3.8, 4) is 17.2 Å². The van der Waals surface area contributed by atoms with Crippen LogP contribution >= 0.6 is 10.6 Å². The number of hydrogen-bond acceptors (Lipinski definition) is 6. The van der Waals surface area contributed by atoms with Gasteiger partial charge in [-0.2, -0.15) is 10.6 Å². The molecule has 0 bridgehead atoms. The molecule has 2 heterocycles. The lowest BCUT2D eigenvalue weighted by molar-refractivity contribution is 0.180. The van der Waals surface area contributed by atoms with Crippen molar-refractivity contribution in [2.75, 3.05) is 33.4 Å². The summed E-state index contributed by atoms with van der Waals surface area (Å²) >= 11 is 0. The molecule has 2 N–H and O–H groups in total. The van der Waals surface area contributed by atoms with Crippen molar-refractivity contribution in [1.82, 2.24) is 4.90 Å². The summed E-state index contributed by atoms with van der Waals surface area (Å²) in [5.74, 6) is 1.89. The molecule has 2 aromatic carbocycles. The fourth-order valence-corrected chi connectivity index (χ4v) is 5.97. The Morgan fingerprint density at radius 1 is 1.03 bits per heavy atom. The molecule has 0 aliphatic carbocycles. The largest absolute Gasteiger partial charge is 0.497 e. The first kappa shape index (κ1) is 22.3. The van der Waals surface area contributed by atoms with Crippen molar-refractivity contribution in [2.45, 2.75) is 48.9 Å². The van der Waals surface area contributed by atoms with E-state index in [2.05, 4.69) is 4.90 Å². The molecule has 0 radical (unpaired) electrons. The van der Waals surface area contributed by atoms with Crippen LogP contribution in [-0.4, -0.2) is 52.6 Å². The van der Waals surface area contributed by atoms with Gasteiger partial charge in [-0.3, -0.25) is 9.11 Å². The standard InChI is InChI=1S/C24H33NO5S/c1-18-24(30-22-12-11-21(28-2)17-23(22)31(18,26)27)19-7-9-20(10-8-19)29-16-6-15-25-13-4-3-5-14-25/h7-12,17-18,24,26-27H,3-6,13-16H2,1-2H3. The van der Waals surface area contributed by atoms with Gasteiger partial charge in [0.25, 0.3) is 0 Å². The summed E-state index contributed by atoms with van der Waals surface area (Å²) in [6, 6.07) is 12.9. The molecule has 2 unspecified atom stereocenters. The molecule has 2 aliphatic rings. The topological polar surface area (TPSA) is 71.4 Å². The van der Waals surface area contributed by atoms with Gasteiger partial charge < -0.3 is 19.1 Å². The molecule has 1 saturated heterocycles. The van der Waals surface area contributed by atoms with Crippen LogP contribution < -0.4 is 14.2 Å². The first-order chi connectivity index (χ1) is 15.0. The predicted octanol–water partition coefficient (Wildman–Crippen LogP) is 5.58. The van der Waals surface area contributed by atoms with E-state index < -0.39 is 21.9 Å². The molecule has 2 atom stereocenters. The molecule has 4 rings (SSSR count). The maximum Gasteiger partial charge on any atom is 0.144 e. The van der Waals surface area contributed by atoms with Crippen LogP contribution in [0.2, 0.25) is 0 Å². The third-order valence-corrected chi connectivity index (χ3v) is 8.47. The van der Waals surface area contributed by atoms with Crippen LogP contribution in [-0.2, 0) is 0 Å². The van der Waals surface area contributed by atoms with E-state index in [4.69, 9.17) is 14.2 Å². The highest BCUT2D eigenvalue weighted by molar-refractivity contribution is 8.25. The molecular weight excluding hydrogens is 414 g/mol. The number of rotatable bonds is 7. The lowest BCUT2D eigenvalue weighted by Crippen LogP contribution is -2.31. The molecular formula is C24H33NO5S. The molecule has 2 aromatic rings. The highest BCUT2D eigenvalue weighted by Gasteiger charge is 2.40. The molecule has 1 fully saturated rings. The zero-order chi connectivity index (χ0) is 21.8. The van der Waals surface area contributed by atoms with Gasteiger partial charge in [0.2, 0.25) is 0 Å². The van der Waals surface area contributed by atoms with E-state index in [0.29, 0.717) is 23.0 Å². The number of fused-ring (bicyclic) bond motifs is 1. The lowest BCUT2D eigenvalue weighted by atomic mass is 10.1. The van der Waals surface area contributed by atoms with Crippen molar-refractivity contribution in [3.05, 3.63) is 48.0 Å². The minimum Gasteiger partial charge on any atom is -0.497 e. The van der Waals surface area contributed by atoms with E-state index in [-0.39, 0.29) is 0 Å². The average molecular weight is 448 g/mol. The maximum atomic E-state index is 10.9. The first-order valence-corrected chi connectivity index (χ1v) is 12.7. The van der Waals surface area contributed by atoms with Gasteiger partial charge >= 0.3 is 0 Å². The van der Waals surface area contributed by atoms with Gasteiger partial charge in [0.1, 0.15) is 28.2 Å². The van der Waals surface area contributed by atoms with Crippen molar-refractivity contribution in [1.29, 1.82) is 0 Å². The fraction of sp³-hybridized carbons (Fsp3) is 0.500. The molecule has 0 aromatic heterocycles. The molecule has 0 amide bonds. The Morgan fingerprint density at radius 3 is 2.45 bits per heavy atom. The van der Waals surface area contributed by atoms with E-state index in [0.717, 1.165) is 24.3 Å². The van der Waals surface area contributed by atoms with Crippen LogP contribution in [0.15, 0.2) is 47.4 Å². The predicted molar refractivity (Wildman–Crippen MR) is 124 cm³/mol. The Kier molecular flexibility index (Phi) is 6.96. The highest BCUT2D eigenvalue weighted by Crippen LogP contribution is 2.63. The molecule has 0 spiro atoms. The second kappa shape index (κ2) is 9.69. The zero-order valence-electron chi connectivity index (χ0n) is 18.3. The van der Waals surface area contributed by atoms with Gasteiger partial charge in [0, 0.05) is 12.6 Å². The number of piperidine rings is 1. The third kappa shape index (κ3) is 4.95. The number of likely N-dealkylation sites (tertiary alicyclic amines) is 1. The van der Waals surface area contributed by atoms with E-state index in [1.54, 1.807) is 25.3 Å². The molecule has 6 nitrogen and oxygen atoms in total. The van der Waals surface area contributed by atoms with Crippen molar-refractivity contribution < 1.29 is 23.3 Å². The summed E-state index contributed by atoms with van der Waals surface area (Å²) in [5.41, 5.74) is 0.898. The van der Waals surface area contributed by atoms with Crippen molar-refractivity contribution >= 4 is 10.6 Å². The summed E-state index contributed by atoms with van der Waals surface area (Å²) in [6.07, 6.45) is 4.56. The monoisotopic (exact) mass is 447 g/mol. The van der Waals surface area contributed by atoms with Crippen LogP contribution in [0.3, 0.4) is 0 Å². The Morgan fingerprint density at radius 2 is 1.74 bits per heavy atom. The number of nitrogens with zero attached hydrogens (tertiary/aromatic N) is 1. The van der Waals surface area contributed by atoms with Crippen molar-refractivity contribution in [2.24, 2.45) is 0 Å². The minimum atomic E-state index is -3.03. The van der Waals surface area contributed by atoms with E-state index in [1.807, 2.05) is 31.2 Å². The summed E-state index contributed by atoms with van der Waals surface area (Å²) in [6.45, 7) is 6.02. The van der Waals surface area contributed by atoms with Crippen LogP contribution in [0, 0.1) is 0 Å². The normalized spacial score (nSPS) is 24.0. The van der Waals surface area contributed by atoms with Gasteiger partial charge in [-0.05, 0) is 69.1 Å². The number of methoxy groups -OCH3 is 1. The van der Waals surface area contributed by atoms with Crippen LogP contribution in [0.25, 0.3) is 0 Å². The quantitative estimate of drug-likeness (QED) is 0.540. The average Bonchev–Trinajstić information content (AvgIpc) is 2.80. The first-order valence-electron chi connectivity index (χ1n) is 11.1. The molecule has 2 aliphatic heterocycles. The lowest BCUT2D eigenvalue weighted by Gasteiger charge is -2.47. The Hall–Kier alpha value is -1.93. The summed E-state index contributed by atoms with van der Waals surface area (Å²) < 4.78 is 39.2. The molecule has 0 saturated carbocycles. The summed E-state index contributed by atoms with van der Waals surface area (Å²) in [5, 5.41) is -0.483. The van der Waals surface area contributed by atoms with Crippen LogP contribution in [0.1, 0.15) is 44.3 Å². The second-order valence-electron chi connectivity index (χ2n) is 8.32. The number of hydrogen-bond donors (Lipinski definition) is 2. The van der Waals surface area contributed by atoms with Gasteiger partial charge in [0.15, 0.2) is 0 Å². The van der Waals surface area contributed by atoms with Crippen molar-refractivity contribution in [3.63, 3.8) is 0 Å². The number of benzene rings is 2.